The lowest BCUT2D eigenvalue weighted by Crippen LogP contribution is -2.22. The molecule has 1 heterocycles. The third-order valence-electron chi connectivity index (χ3n) is 2.21. The lowest BCUT2D eigenvalue weighted by molar-refractivity contribution is 0.0950. The van der Waals surface area contributed by atoms with Gasteiger partial charge in [0.25, 0.3) is 5.91 Å². The number of H-pyrrole nitrogens is 1. The molecule has 4 nitrogen and oxygen atoms in total. The number of amides is 1. The summed E-state index contributed by atoms with van der Waals surface area (Å²) in [6, 6.07) is 4.59. The highest BCUT2D eigenvalue weighted by atomic mass is 79.9. The largest absolute Gasteiger partial charge is 0.348 e. The van der Waals surface area contributed by atoms with Gasteiger partial charge in [0, 0.05) is 22.8 Å². The molecule has 0 bridgehead atoms. The summed E-state index contributed by atoms with van der Waals surface area (Å²) in [5, 5.41) is 8.81. The van der Waals surface area contributed by atoms with Crippen molar-refractivity contribution in [3.05, 3.63) is 52.0 Å². The molecule has 0 aliphatic heterocycles. The number of benzene rings is 1. The average Bonchev–Trinajstić information content (AvgIpc) is 2.83. The van der Waals surface area contributed by atoms with Crippen LogP contribution < -0.4 is 5.32 Å². The highest BCUT2D eigenvalue weighted by molar-refractivity contribution is 9.10. The van der Waals surface area contributed by atoms with Crippen LogP contribution >= 0.6 is 15.9 Å². The van der Waals surface area contributed by atoms with Gasteiger partial charge in [-0.3, -0.25) is 9.89 Å². The van der Waals surface area contributed by atoms with Crippen molar-refractivity contribution < 1.29 is 9.18 Å². The van der Waals surface area contributed by atoms with Gasteiger partial charge in [0.2, 0.25) is 0 Å². The summed E-state index contributed by atoms with van der Waals surface area (Å²) < 4.78 is 14.1. The first-order chi connectivity index (χ1) is 8.16. The van der Waals surface area contributed by atoms with Gasteiger partial charge in [0.1, 0.15) is 5.82 Å². The second kappa shape index (κ2) is 5.09. The van der Waals surface area contributed by atoms with E-state index in [9.17, 15) is 9.18 Å². The van der Waals surface area contributed by atoms with Crippen LogP contribution in [0.1, 0.15) is 15.9 Å². The minimum Gasteiger partial charge on any atom is -0.348 e. The molecule has 0 radical (unpaired) electrons. The van der Waals surface area contributed by atoms with Crippen LogP contribution in [0.2, 0.25) is 0 Å². The Morgan fingerprint density at radius 1 is 1.53 bits per heavy atom. The summed E-state index contributed by atoms with van der Waals surface area (Å²) in [6.45, 7) is 0.134. The molecule has 0 aliphatic carbocycles. The summed E-state index contributed by atoms with van der Waals surface area (Å²) in [5.74, 6) is -0.640. The molecule has 17 heavy (non-hydrogen) atoms. The van der Waals surface area contributed by atoms with E-state index in [0.717, 1.165) is 4.47 Å². The van der Waals surface area contributed by atoms with Gasteiger partial charge in [0.15, 0.2) is 0 Å². The van der Waals surface area contributed by atoms with Crippen LogP contribution in [-0.2, 0) is 6.54 Å². The van der Waals surface area contributed by atoms with Crippen LogP contribution in [0.4, 0.5) is 4.39 Å². The predicted molar refractivity (Wildman–Crippen MR) is 63.9 cm³/mol. The van der Waals surface area contributed by atoms with Crippen LogP contribution in [0.3, 0.4) is 0 Å². The van der Waals surface area contributed by atoms with Gasteiger partial charge in [-0.15, -0.1) is 0 Å². The van der Waals surface area contributed by atoms with Crippen molar-refractivity contribution in [1.29, 1.82) is 0 Å². The van der Waals surface area contributed by atoms with Crippen LogP contribution in [0.25, 0.3) is 0 Å². The highest BCUT2D eigenvalue weighted by Crippen LogP contribution is 2.15. The number of carbonyl (C=O) groups excluding carboxylic acids is 1. The van der Waals surface area contributed by atoms with E-state index in [0.29, 0.717) is 11.1 Å². The number of nitrogens with one attached hydrogen (secondary N) is 2. The van der Waals surface area contributed by atoms with E-state index in [-0.39, 0.29) is 18.3 Å². The van der Waals surface area contributed by atoms with Gasteiger partial charge in [-0.2, -0.15) is 5.10 Å². The summed E-state index contributed by atoms with van der Waals surface area (Å²) in [6.07, 6.45) is 2.89. The second-order valence-corrected chi connectivity index (χ2v) is 4.32. The number of rotatable bonds is 3. The maximum Gasteiger partial charge on any atom is 0.254 e. The standard InChI is InChI=1S/C11H9BrFN3O/c12-9-1-2-10(13)7(3-9)4-14-11(17)8-5-15-16-6-8/h1-3,5-6H,4H2,(H,14,17)(H,15,16). The first kappa shape index (κ1) is 11.8. The van der Waals surface area contributed by atoms with Crippen molar-refractivity contribution in [2.45, 2.75) is 6.54 Å². The molecule has 2 aromatic rings. The third kappa shape index (κ3) is 2.91. The third-order valence-corrected chi connectivity index (χ3v) is 2.70. The van der Waals surface area contributed by atoms with Gasteiger partial charge in [0.05, 0.1) is 11.8 Å². The molecule has 0 fully saturated rings. The van der Waals surface area contributed by atoms with E-state index in [1.807, 2.05) is 0 Å². The fourth-order valence-corrected chi connectivity index (χ4v) is 1.74. The van der Waals surface area contributed by atoms with Gasteiger partial charge in [-0.25, -0.2) is 4.39 Å². The number of halogens is 2. The predicted octanol–water partition coefficient (Wildman–Crippen LogP) is 2.24. The molecular weight excluding hydrogens is 289 g/mol. The number of hydrogen-bond acceptors (Lipinski definition) is 2. The molecule has 2 N–H and O–H groups in total. The van der Waals surface area contributed by atoms with Gasteiger partial charge in [-0.1, -0.05) is 15.9 Å². The zero-order valence-electron chi connectivity index (χ0n) is 8.71. The molecule has 0 saturated heterocycles. The van der Waals surface area contributed by atoms with Crippen LogP contribution in [0.5, 0.6) is 0 Å². The summed E-state index contributed by atoms with van der Waals surface area (Å²) in [7, 11) is 0. The van der Waals surface area contributed by atoms with Crippen molar-refractivity contribution in [2.24, 2.45) is 0 Å². The van der Waals surface area contributed by atoms with Gasteiger partial charge >= 0.3 is 0 Å². The lowest BCUT2D eigenvalue weighted by atomic mass is 10.2. The molecule has 1 aromatic heterocycles. The molecule has 0 spiro atoms. The van der Waals surface area contributed by atoms with Crippen LogP contribution in [0.15, 0.2) is 35.1 Å². The van der Waals surface area contributed by atoms with E-state index in [1.165, 1.54) is 18.5 Å². The highest BCUT2D eigenvalue weighted by Gasteiger charge is 2.08. The molecule has 1 amide bonds. The van der Waals surface area contributed by atoms with E-state index in [1.54, 1.807) is 12.1 Å². The molecule has 88 valence electrons. The minimum atomic E-state index is -0.347. The Morgan fingerprint density at radius 2 is 2.35 bits per heavy atom. The molecule has 1 aromatic carbocycles. The number of nitrogens with zero attached hydrogens (tertiary/aromatic N) is 1. The quantitative estimate of drug-likeness (QED) is 0.913. The molecule has 2 rings (SSSR count). The number of carbonyl (C=O) groups is 1. The van der Waals surface area contributed by atoms with E-state index in [2.05, 4.69) is 31.4 Å². The van der Waals surface area contributed by atoms with E-state index < -0.39 is 0 Å². The Hall–Kier alpha value is -1.69. The SMILES string of the molecule is O=C(NCc1cc(Br)ccc1F)c1cn[nH]c1. The van der Waals surface area contributed by atoms with Crippen molar-refractivity contribution >= 4 is 21.8 Å². The van der Waals surface area contributed by atoms with E-state index in [4.69, 9.17) is 0 Å². The first-order valence-electron chi connectivity index (χ1n) is 4.88. The molecule has 0 aliphatic rings. The minimum absolute atomic E-state index is 0.134. The number of hydrogen-bond donors (Lipinski definition) is 2. The zero-order chi connectivity index (χ0) is 12.3. The van der Waals surface area contributed by atoms with Crippen LogP contribution in [0, 0.1) is 5.82 Å². The Balaban J connectivity index is 2.03. The Kier molecular flexibility index (Phi) is 3.53. The monoisotopic (exact) mass is 297 g/mol. The van der Waals surface area contributed by atoms with E-state index >= 15 is 0 Å². The summed E-state index contributed by atoms with van der Waals surface area (Å²) >= 11 is 3.25. The number of aromatic nitrogens is 2. The fraction of sp³-hybridized carbons (Fsp3) is 0.0909. The molecular formula is C11H9BrFN3O. The Labute approximate surface area is 105 Å². The van der Waals surface area contributed by atoms with Gasteiger partial charge in [-0.05, 0) is 18.2 Å². The second-order valence-electron chi connectivity index (χ2n) is 3.41. The molecule has 0 saturated carbocycles. The molecule has 0 atom stereocenters. The Morgan fingerprint density at radius 3 is 3.06 bits per heavy atom. The maximum absolute atomic E-state index is 13.4. The lowest BCUT2D eigenvalue weighted by Gasteiger charge is -2.05. The first-order valence-corrected chi connectivity index (χ1v) is 5.67. The van der Waals surface area contributed by atoms with Crippen LogP contribution in [-0.4, -0.2) is 16.1 Å². The van der Waals surface area contributed by atoms with Crippen molar-refractivity contribution in [2.75, 3.05) is 0 Å². The Bertz CT molecular complexity index is 528. The molecule has 6 heteroatoms. The maximum atomic E-state index is 13.4. The smallest absolute Gasteiger partial charge is 0.254 e. The fourth-order valence-electron chi connectivity index (χ4n) is 1.33. The van der Waals surface area contributed by atoms with Crippen molar-refractivity contribution in [3.8, 4) is 0 Å². The summed E-state index contributed by atoms with van der Waals surface area (Å²) in [5.41, 5.74) is 0.844. The number of aromatic amines is 1. The normalized spacial score (nSPS) is 10.2. The zero-order valence-corrected chi connectivity index (χ0v) is 10.3. The van der Waals surface area contributed by atoms with Crippen molar-refractivity contribution in [3.63, 3.8) is 0 Å². The van der Waals surface area contributed by atoms with Gasteiger partial charge < -0.3 is 5.32 Å². The topological polar surface area (TPSA) is 57.8 Å². The molecule has 0 unspecified atom stereocenters. The van der Waals surface area contributed by atoms with Crippen molar-refractivity contribution in [1.82, 2.24) is 15.5 Å². The summed E-state index contributed by atoms with van der Waals surface area (Å²) in [4.78, 5) is 11.6. The average molecular weight is 298 g/mol.